The van der Waals surface area contributed by atoms with Crippen LogP contribution in [0.3, 0.4) is 0 Å². The number of aryl methyl sites for hydroxylation is 1. The van der Waals surface area contributed by atoms with Gasteiger partial charge in [0.2, 0.25) is 5.91 Å². The van der Waals surface area contributed by atoms with Crippen LogP contribution >= 0.6 is 27.3 Å². The molecule has 0 aliphatic carbocycles. The first-order valence-corrected chi connectivity index (χ1v) is 10.1. The van der Waals surface area contributed by atoms with Gasteiger partial charge in [0.15, 0.2) is 0 Å². The molecule has 8 heteroatoms. The number of fused-ring (bicyclic) bond motifs is 1. The number of carbonyl (C=O) groups is 1. The van der Waals surface area contributed by atoms with Crippen LogP contribution < -0.4 is 4.72 Å². The highest BCUT2D eigenvalue weighted by Crippen LogP contribution is 2.24. The summed E-state index contributed by atoms with van der Waals surface area (Å²) >= 11 is 4.72. The molecule has 0 aliphatic rings. The normalized spacial score (nSPS) is 11.6. The Morgan fingerprint density at radius 3 is 2.62 bits per heavy atom. The van der Waals surface area contributed by atoms with E-state index in [1.54, 1.807) is 30.3 Å². The molecule has 1 N–H and O–H groups in total. The van der Waals surface area contributed by atoms with E-state index in [1.807, 2.05) is 6.92 Å². The van der Waals surface area contributed by atoms with Gasteiger partial charge in [0.1, 0.15) is 0 Å². The van der Waals surface area contributed by atoms with E-state index in [9.17, 15) is 13.2 Å². The SMILES string of the molecule is Cc1nc2ccc(S(=O)(=O)NC(=O)Cc3ccc(Br)cc3)cc2s1. The van der Waals surface area contributed by atoms with Crippen molar-refractivity contribution < 1.29 is 13.2 Å². The minimum atomic E-state index is -3.90. The minimum Gasteiger partial charge on any atom is -0.274 e. The van der Waals surface area contributed by atoms with E-state index in [4.69, 9.17) is 0 Å². The number of rotatable bonds is 4. The Morgan fingerprint density at radius 2 is 1.92 bits per heavy atom. The number of nitrogens with one attached hydrogen (secondary N) is 1. The van der Waals surface area contributed by atoms with Gasteiger partial charge in [-0.15, -0.1) is 11.3 Å². The van der Waals surface area contributed by atoms with Gasteiger partial charge in [-0.2, -0.15) is 0 Å². The lowest BCUT2D eigenvalue weighted by atomic mass is 10.1. The molecule has 2 aromatic carbocycles. The maximum absolute atomic E-state index is 12.4. The van der Waals surface area contributed by atoms with Crippen LogP contribution in [0.1, 0.15) is 10.6 Å². The summed E-state index contributed by atoms with van der Waals surface area (Å²) in [4.78, 5) is 16.4. The van der Waals surface area contributed by atoms with Crippen LogP contribution in [0.4, 0.5) is 0 Å². The van der Waals surface area contributed by atoms with Crippen LogP contribution in [0.2, 0.25) is 0 Å². The van der Waals surface area contributed by atoms with Gasteiger partial charge in [-0.3, -0.25) is 4.79 Å². The zero-order chi connectivity index (χ0) is 17.3. The third-order valence-corrected chi connectivity index (χ3v) is 6.14. The Hall–Kier alpha value is -1.77. The summed E-state index contributed by atoms with van der Waals surface area (Å²) in [6, 6.07) is 11.8. The second-order valence-electron chi connectivity index (χ2n) is 5.19. The molecule has 0 aliphatic heterocycles. The van der Waals surface area contributed by atoms with Gasteiger partial charge in [-0.05, 0) is 42.8 Å². The van der Waals surface area contributed by atoms with Crippen molar-refractivity contribution in [1.29, 1.82) is 0 Å². The summed E-state index contributed by atoms with van der Waals surface area (Å²) in [7, 11) is -3.90. The molecule has 0 saturated carbocycles. The highest BCUT2D eigenvalue weighted by Gasteiger charge is 2.19. The van der Waals surface area contributed by atoms with Crippen LogP contribution in [0, 0.1) is 6.92 Å². The summed E-state index contributed by atoms with van der Waals surface area (Å²) in [5, 5.41) is 0.860. The van der Waals surface area contributed by atoms with Crippen LogP contribution in [-0.4, -0.2) is 19.3 Å². The standard InChI is InChI=1S/C16H13BrN2O3S2/c1-10-18-14-7-6-13(9-15(14)23-10)24(21,22)19-16(20)8-11-2-4-12(17)5-3-11/h2-7,9H,8H2,1H3,(H,19,20). The van der Waals surface area contributed by atoms with E-state index < -0.39 is 15.9 Å². The zero-order valence-electron chi connectivity index (χ0n) is 12.6. The van der Waals surface area contributed by atoms with E-state index in [2.05, 4.69) is 25.6 Å². The van der Waals surface area contributed by atoms with Gasteiger partial charge < -0.3 is 0 Å². The third kappa shape index (κ3) is 3.82. The molecule has 1 amide bonds. The predicted octanol–water partition coefficient (Wildman–Crippen LogP) is 3.41. The fraction of sp³-hybridized carbons (Fsp3) is 0.125. The van der Waals surface area contributed by atoms with Gasteiger partial charge in [0, 0.05) is 4.47 Å². The van der Waals surface area contributed by atoms with E-state index in [1.165, 1.54) is 23.5 Å². The molecule has 1 heterocycles. The first-order valence-electron chi connectivity index (χ1n) is 7.01. The predicted molar refractivity (Wildman–Crippen MR) is 97.5 cm³/mol. The van der Waals surface area contributed by atoms with Gasteiger partial charge in [-0.25, -0.2) is 18.1 Å². The number of amides is 1. The Labute approximate surface area is 151 Å². The lowest BCUT2D eigenvalue weighted by molar-refractivity contribution is -0.118. The summed E-state index contributed by atoms with van der Waals surface area (Å²) < 4.78 is 28.5. The Balaban J connectivity index is 1.78. The molecular formula is C16H13BrN2O3S2. The number of sulfonamides is 1. The maximum atomic E-state index is 12.4. The fourth-order valence-electron chi connectivity index (χ4n) is 2.22. The first-order chi connectivity index (χ1) is 11.3. The number of benzene rings is 2. The molecule has 24 heavy (non-hydrogen) atoms. The monoisotopic (exact) mass is 424 g/mol. The Morgan fingerprint density at radius 1 is 1.21 bits per heavy atom. The van der Waals surface area contributed by atoms with Crippen LogP contribution in [0.25, 0.3) is 10.2 Å². The summed E-state index contributed by atoms with van der Waals surface area (Å²) in [6.45, 7) is 1.86. The molecule has 3 rings (SSSR count). The Kier molecular flexibility index (Phi) is 4.71. The van der Waals surface area contributed by atoms with Crippen molar-refractivity contribution in [1.82, 2.24) is 9.71 Å². The van der Waals surface area contributed by atoms with E-state index in [-0.39, 0.29) is 11.3 Å². The van der Waals surface area contributed by atoms with E-state index >= 15 is 0 Å². The number of aromatic nitrogens is 1. The molecular weight excluding hydrogens is 412 g/mol. The van der Waals surface area contributed by atoms with Crippen LogP contribution in [0.5, 0.6) is 0 Å². The van der Waals surface area contributed by atoms with Crippen molar-refractivity contribution in [2.45, 2.75) is 18.2 Å². The number of hydrogen-bond donors (Lipinski definition) is 1. The van der Waals surface area contributed by atoms with E-state index in [0.29, 0.717) is 0 Å². The highest BCUT2D eigenvalue weighted by molar-refractivity contribution is 9.10. The number of thiazole rings is 1. The van der Waals surface area contributed by atoms with Crippen LogP contribution in [-0.2, 0) is 21.2 Å². The molecule has 0 radical (unpaired) electrons. The van der Waals surface area contributed by atoms with Gasteiger partial charge >= 0.3 is 0 Å². The average molecular weight is 425 g/mol. The lowest BCUT2D eigenvalue weighted by Gasteiger charge is -2.07. The van der Waals surface area contributed by atoms with Gasteiger partial charge in [0.05, 0.1) is 26.5 Å². The molecule has 1 aromatic heterocycles. The molecule has 0 spiro atoms. The Bertz CT molecular complexity index is 1010. The second kappa shape index (κ2) is 6.62. The molecule has 0 fully saturated rings. The van der Waals surface area contributed by atoms with Crippen molar-refractivity contribution in [2.24, 2.45) is 0 Å². The van der Waals surface area contributed by atoms with Gasteiger partial charge in [0.25, 0.3) is 10.0 Å². The molecule has 5 nitrogen and oxygen atoms in total. The molecule has 0 bridgehead atoms. The van der Waals surface area contributed by atoms with Crippen molar-refractivity contribution in [3.8, 4) is 0 Å². The summed E-state index contributed by atoms with van der Waals surface area (Å²) in [5.41, 5.74) is 1.48. The number of carbonyl (C=O) groups excluding carboxylic acids is 1. The average Bonchev–Trinajstić information content (AvgIpc) is 2.88. The second-order valence-corrected chi connectivity index (χ2v) is 9.03. The number of halogens is 1. The first kappa shape index (κ1) is 17.1. The molecule has 124 valence electrons. The molecule has 0 atom stereocenters. The molecule has 0 unspecified atom stereocenters. The van der Waals surface area contributed by atoms with Gasteiger partial charge in [-0.1, -0.05) is 28.1 Å². The third-order valence-electron chi connectivity index (χ3n) is 3.30. The van der Waals surface area contributed by atoms with Crippen molar-refractivity contribution >= 4 is 53.4 Å². The quantitative estimate of drug-likeness (QED) is 0.695. The number of hydrogen-bond acceptors (Lipinski definition) is 5. The van der Waals surface area contributed by atoms with E-state index in [0.717, 1.165) is 25.3 Å². The van der Waals surface area contributed by atoms with Crippen molar-refractivity contribution in [3.63, 3.8) is 0 Å². The maximum Gasteiger partial charge on any atom is 0.264 e. The highest BCUT2D eigenvalue weighted by atomic mass is 79.9. The fourth-order valence-corrected chi connectivity index (χ4v) is 4.44. The van der Waals surface area contributed by atoms with Crippen LogP contribution in [0.15, 0.2) is 51.8 Å². The minimum absolute atomic E-state index is 0.00554. The molecule has 3 aromatic rings. The largest absolute Gasteiger partial charge is 0.274 e. The van der Waals surface area contributed by atoms with Crippen molar-refractivity contribution in [2.75, 3.05) is 0 Å². The lowest BCUT2D eigenvalue weighted by Crippen LogP contribution is -2.31. The number of nitrogens with zero attached hydrogens (tertiary/aromatic N) is 1. The topological polar surface area (TPSA) is 76.1 Å². The van der Waals surface area contributed by atoms with Crippen molar-refractivity contribution in [3.05, 3.63) is 57.5 Å². The smallest absolute Gasteiger partial charge is 0.264 e. The molecule has 0 saturated heterocycles. The summed E-state index contributed by atoms with van der Waals surface area (Å²) in [5.74, 6) is -0.571. The zero-order valence-corrected chi connectivity index (χ0v) is 15.8. The summed E-state index contributed by atoms with van der Waals surface area (Å²) in [6.07, 6.45) is -0.00554.